The Kier molecular flexibility index (Phi) is 6.53. The third kappa shape index (κ3) is 4.78. The van der Waals surface area contributed by atoms with Crippen molar-refractivity contribution in [2.75, 3.05) is 6.61 Å². The van der Waals surface area contributed by atoms with Gasteiger partial charge in [0.25, 0.3) is 0 Å². The minimum Gasteiger partial charge on any atom is -0.492 e. The van der Waals surface area contributed by atoms with Gasteiger partial charge in [0, 0.05) is 10.6 Å². The van der Waals surface area contributed by atoms with Crippen LogP contribution < -0.4 is 15.8 Å². The van der Waals surface area contributed by atoms with Gasteiger partial charge in [-0.2, -0.15) is 0 Å². The molecule has 2 rings (SSSR count). The predicted molar refractivity (Wildman–Crippen MR) is 102 cm³/mol. The van der Waals surface area contributed by atoms with Gasteiger partial charge in [0.15, 0.2) is 5.96 Å². The smallest absolute Gasteiger partial charge is 0.231 e. The number of ether oxygens (including phenoxy) is 1. The average Bonchev–Trinajstić information content (AvgIpc) is 2.53. The highest BCUT2D eigenvalue weighted by Crippen LogP contribution is 2.37. The van der Waals surface area contributed by atoms with Crippen molar-refractivity contribution in [3.8, 4) is 16.9 Å². The maximum Gasteiger partial charge on any atom is 0.231 e. The van der Waals surface area contributed by atoms with Crippen LogP contribution >= 0.6 is 34.8 Å². The first-order valence-electron chi connectivity index (χ1n) is 7.37. The standard InChI is InChI=1S/C17H16Cl3N3O2/c1-2-25-14-6-3-9(7-13(14)19)10-4-5-12(18)11(16(10)20)8-15(24)23-17(21)22/h3-7H,2,8H2,1H3,(H4,21,22,23,24). The average molecular weight is 401 g/mol. The zero-order valence-corrected chi connectivity index (χ0v) is 15.6. The number of guanidine groups is 1. The number of rotatable bonds is 5. The summed E-state index contributed by atoms with van der Waals surface area (Å²) < 4.78 is 5.42. The lowest BCUT2D eigenvalue weighted by Crippen LogP contribution is -2.36. The number of nitrogens with two attached hydrogens (primary N) is 1. The summed E-state index contributed by atoms with van der Waals surface area (Å²) in [5, 5.41) is 10.5. The Morgan fingerprint density at radius 2 is 1.92 bits per heavy atom. The van der Waals surface area contributed by atoms with Gasteiger partial charge in [-0.15, -0.1) is 0 Å². The van der Waals surface area contributed by atoms with E-state index >= 15 is 0 Å². The molecule has 1 amide bonds. The molecule has 0 aliphatic rings. The molecule has 0 aliphatic carbocycles. The van der Waals surface area contributed by atoms with Gasteiger partial charge in [0.1, 0.15) is 5.75 Å². The van der Waals surface area contributed by atoms with Crippen molar-refractivity contribution in [1.82, 2.24) is 5.32 Å². The van der Waals surface area contributed by atoms with Crippen molar-refractivity contribution in [2.24, 2.45) is 5.73 Å². The molecule has 8 heteroatoms. The van der Waals surface area contributed by atoms with Gasteiger partial charge < -0.3 is 10.5 Å². The molecular weight excluding hydrogens is 385 g/mol. The Bertz CT molecular complexity index is 825. The van der Waals surface area contributed by atoms with Crippen LogP contribution in [0, 0.1) is 5.41 Å². The normalized spacial score (nSPS) is 10.4. The number of amides is 1. The first-order valence-corrected chi connectivity index (χ1v) is 8.50. The maximum absolute atomic E-state index is 11.9. The van der Waals surface area contributed by atoms with Crippen molar-refractivity contribution in [2.45, 2.75) is 13.3 Å². The van der Waals surface area contributed by atoms with Gasteiger partial charge in [0.2, 0.25) is 5.91 Å². The predicted octanol–water partition coefficient (Wildman–Crippen LogP) is 4.26. The molecule has 0 heterocycles. The second-order valence-corrected chi connectivity index (χ2v) is 6.30. The highest BCUT2D eigenvalue weighted by Gasteiger charge is 2.16. The lowest BCUT2D eigenvalue weighted by Gasteiger charge is -2.13. The van der Waals surface area contributed by atoms with Crippen molar-refractivity contribution in [1.29, 1.82) is 5.41 Å². The minimum absolute atomic E-state index is 0.101. The molecule has 0 atom stereocenters. The van der Waals surface area contributed by atoms with E-state index in [-0.39, 0.29) is 6.42 Å². The molecule has 0 fully saturated rings. The van der Waals surface area contributed by atoms with E-state index in [1.165, 1.54) is 0 Å². The molecule has 132 valence electrons. The fourth-order valence-corrected chi connectivity index (χ4v) is 3.13. The van der Waals surface area contributed by atoms with Gasteiger partial charge >= 0.3 is 0 Å². The van der Waals surface area contributed by atoms with Crippen LogP contribution in [-0.2, 0) is 11.2 Å². The lowest BCUT2D eigenvalue weighted by atomic mass is 10.0. The van der Waals surface area contributed by atoms with Crippen LogP contribution in [-0.4, -0.2) is 18.5 Å². The number of carbonyl (C=O) groups is 1. The number of carbonyl (C=O) groups excluding carboxylic acids is 1. The molecule has 4 N–H and O–H groups in total. The third-order valence-electron chi connectivity index (χ3n) is 3.34. The van der Waals surface area contributed by atoms with E-state index in [0.29, 0.717) is 38.6 Å². The van der Waals surface area contributed by atoms with E-state index in [1.54, 1.807) is 24.3 Å². The van der Waals surface area contributed by atoms with Crippen LogP contribution in [0.15, 0.2) is 30.3 Å². The van der Waals surface area contributed by atoms with Gasteiger partial charge in [-0.3, -0.25) is 15.5 Å². The molecule has 2 aromatic carbocycles. The van der Waals surface area contributed by atoms with Crippen LogP contribution in [0.4, 0.5) is 0 Å². The summed E-state index contributed by atoms with van der Waals surface area (Å²) in [4.78, 5) is 11.9. The van der Waals surface area contributed by atoms with Crippen LogP contribution in [0.25, 0.3) is 11.1 Å². The summed E-state index contributed by atoms with van der Waals surface area (Å²) in [5.74, 6) is -0.330. The third-order valence-corrected chi connectivity index (χ3v) is 4.42. The van der Waals surface area contributed by atoms with E-state index in [9.17, 15) is 4.79 Å². The molecule has 0 radical (unpaired) electrons. The Balaban J connectivity index is 2.40. The van der Waals surface area contributed by atoms with Crippen LogP contribution in [0.1, 0.15) is 12.5 Å². The summed E-state index contributed by atoms with van der Waals surface area (Å²) in [6, 6.07) is 8.73. The Morgan fingerprint density at radius 1 is 1.20 bits per heavy atom. The molecule has 2 aromatic rings. The molecule has 0 aromatic heterocycles. The number of halogens is 3. The maximum atomic E-state index is 11.9. The molecular formula is C17H16Cl3N3O2. The highest BCUT2D eigenvalue weighted by atomic mass is 35.5. The Labute approximate surface area is 160 Å². The summed E-state index contributed by atoms with van der Waals surface area (Å²) in [6.07, 6.45) is -0.101. The molecule has 0 aliphatic heterocycles. The molecule has 0 saturated heterocycles. The van der Waals surface area contributed by atoms with Crippen molar-refractivity contribution < 1.29 is 9.53 Å². The highest BCUT2D eigenvalue weighted by molar-refractivity contribution is 6.38. The summed E-state index contributed by atoms with van der Waals surface area (Å²) in [5.41, 5.74) is 7.06. The first kappa shape index (κ1) is 19.4. The van der Waals surface area contributed by atoms with Crippen molar-refractivity contribution in [3.05, 3.63) is 51.0 Å². The van der Waals surface area contributed by atoms with Gasteiger partial charge in [-0.25, -0.2) is 0 Å². The van der Waals surface area contributed by atoms with E-state index in [2.05, 4.69) is 5.32 Å². The quantitative estimate of drug-likeness (QED) is 0.517. The van der Waals surface area contributed by atoms with Gasteiger partial charge in [-0.1, -0.05) is 46.9 Å². The first-order chi connectivity index (χ1) is 11.8. The monoisotopic (exact) mass is 399 g/mol. The molecule has 0 unspecified atom stereocenters. The summed E-state index contributed by atoms with van der Waals surface area (Å²) in [7, 11) is 0. The molecule has 5 nitrogen and oxygen atoms in total. The number of benzene rings is 2. The second-order valence-electron chi connectivity index (χ2n) is 5.10. The lowest BCUT2D eigenvalue weighted by molar-refractivity contribution is -0.119. The fraction of sp³-hybridized carbons (Fsp3) is 0.176. The van der Waals surface area contributed by atoms with Crippen molar-refractivity contribution >= 4 is 46.7 Å². The number of hydrogen-bond donors (Lipinski definition) is 3. The number of nitrogens with one attached hydrogen (secondary N) is 2. The van der Waals surface area contributed by atoms with E-state index in [0.717, 1.165) is 5.56 Å². The topological polar surface area (TPSA) is 88.2 Å². The van der Waals surface area contributed by atoms with E-state index < -0.39 is 11.9 Å². The minimum atomic E-state index is -0.474. The van der Waals surface area contributed by atoms with Crippen molar-refractivity contribution in [3.63, 3.8) is 0 Å². The second kappa shape index (κ2) is 8.43. The molecule has 0 saturated carbocycles. The molecule has 0 bridgehead atoms. The SMILES string of the molecule is CCOc1ccc(-c2ccc(Cl)c(CC(=O)NC(=N)N)c2Cl)cc1Cl. The van der Waals surface area contributed by atoms with Crippen LogP contribution in [0.2, 0.25) is 15.1 Å². The summed E-state index contributed by atoms with van der Waals surface area (Å²) >= 11 is 18.9. The van der Waals surface area contributed by atoms with E-state index in [4.69, 9.17) is 50.7 Å². The Hall–Kier alpha value is -1.95. The molecule has 0 spiro atoms. The zero-order valence-electron chi connectivity index (χ0n) is 13.3. The molecule has 25 heavy (non-hydrogen) atoms. The van der Waals surface area contributed by atoms with Crippen LogP contribution in [0.5, 0.6) is 5.75 Å². The van der Waals surface area contributed by atoms with Crippen LogP contribution in [0.3, 0.4) is 0 Å². The largest absolute Gasteiger partial charge is 0.492 e. The van der Waals surface area contributed by atoms with Gasteiger partial charge in [0.05, 0.1) is 23.1 Å². The zero-order chi connectivity index (χ0) is 18.6. The van der Waals surface area contributed by atoms with Gasteiger partial charge in [-0.05, 0) is 36.2 Å². The Morgan fingerprint density at radius 3 is 2.52 bits per heavy atom. The summed E-state index contributed by atoms with van der Waals surface area (Å²) in [6.45, 7) is 2.38. The van der Waals surface area contributed by atoms with E-state index in [1.807, 2.05) is 13.0 Å². The number of hydrogen-bond acceptors (Lipinski definition) is 3. The fourth-order valence-electron chi connectivity index (χ4n) is 2.28.